The zero-order chi connectivity index (χ0) is 12.4. The molecule has 0 bridgehead atoms. The van der Waals surface area contributed by atoms with E-state index in [4.69, 9.17) is 5.11 Å². The SMILES string of the molecule is O=C(O)C[C@@H]1Cc2ccccc2CN(O)C1=O. The first-order chi connectivity index (χ1) is 8.08. The molecule has 1 heterocycles. The first kappa shape index (κ1) is 11.6. The van der Waals surface area contributed by atoms with Crippen molar-refractivity contribution in [1.29, 1.82) is 0 Å². The van der Waals surface area contributed by atoms with Gasteiger partial charge in [0.25, 0.3) is 0 Å². The van der Waals surface area contributed by atoms with E-state index in [9.17, 15) is 14.8 Å². The maximum Gasteiger partial charge on any atom is 0.304 e. The van der Waals surface area contributed by atoms with Gasteiger partial charge in [0.2, 0.25) is 5.91 Å². The Morgan fingerprint density at radius 2 is 2.00 bits per heavy atom. The van der Waals surface area contributed by atoms with Gasteiger partial charge in [0.05, 0.1) is 18.9 Å². The second kappa shape index (κ2) is 4.55. The summed E-state index contributed by atoms with van der Waals surface area (Å²) in [6.07, 6.45) is 0.0998. The van der Waals surface area contributed by atoms with Crippen LogP contribution < -0.4 is 0 Å². The Labute approximate surface area is 98.2 Å². The summed E-state index contributed by atoms with van der Waals surface area (Å²) < 4.78 is 0. The molecule has 0 saturated carbocycles. The number of fused-ring (bicyclic) bond motifs is 1. The number of rotatable bonds is 2. The minimum atomic E-state index is -1.03. The van der Waals surface area contributed by atoms with E-state index >= 15 is 0 Å². The predicted molar refractivity (Wildman–Crippen MR) is 58.2 cm³/mol. The van der Waals surface area contributed by atoms with E-state index in [1.165, 1.54) is 0 Å². The Hall–Kier alpha value is -1.88. The van der Waals surface area contributed by atoms with Gasteiger partial charge in [0, 0.05) is 0 Å². The first-order valence-corrected chi connectivity index (χ1v) is 5.36. The van der Waals surface area contributed by atoms with Crippen LogP contribution in [0.25, 0.3) is 0 Å². The molecule has 1 aromatic carbocycles. The lowest BCUT2D eigenvalue weighted by Crippen LogP contribution is -2.32. The summed E-state index contributed by atoms with van der Waals surface area (Å²) in [5, 5.41) is 18.9. The van der Waals surface area contributed by atoms with E-state index in [0.29, 0.717) is 11.5 Å². The fourth-order valence-electron chi connectivity index (χ4n) is 2.08. The average molecular weight is 235 g/mol. The molecule has 5 heteroatoms. The topological polar surface area (TPSA) is 77.8 Å². The van der Waals surface area contributed by atoms with Gasteiger partial charge in [-0.05, 0) is 17.5 Å². The third-order valence-electron chi connectivity index (χ3n) is 2.93. The minimum absolute atomic E-state index is 0.116. The number of hydroxylamine groups is 2. The van der Waals surface area contributed by atoms with Crippen LogP contribution in [0.15, 0.2) is 24.3 Å². The van der Waals surface area contributed by atoms with E-state index < -0.39 is 17.8 Å². The number of hydrogen-bond donors (Lipinski definition) is 2. The zero-order valence-electron chi connectivity index (χ0n) is 9.17. The third-order valence-corrected chi connectivity index (χ3v) is 2.93. The lowest BCUT2D eigenvalue weighted by molar-refractivity contribution is -0.173. The number of aliphatic carboxylic acids is 1. The van der Waals surface area contributed by atoms with Crippen molar-refractivity contribution in [3.05, 3.63) is 35.4 Å². The van der Waals surface area contributed by atoms with Gasteiger partial charge in [-0.15, -0.1) is 0 Å². The van der Waals surface area contributed by atoms with Crippen molar-refractivity contribution < 1.29 is 19.9 Å². The number of carbonyl (C=O) groups excluding carboxylic acids is 1. The van der Waals surface area contributed by atoms with Crippen molar-refractivity contribution in [1.82, 2.24) is 5.06 Å². The summed E-state index contributed by atoms with van der Waals surface area (Å²) >= 11 is 0. The highest BCUT2D eigenvalue weighted by atomic mass is 16.5. The minimum Gasteiger partial charge on any atom is -0.481 e. The molecule has 0 saturated heterocycles. The number of hydrogen-bond acceptors (Lipinski definition) is 3. The molecule has 0 fully saturated rings. The smallest absolute Gasteiger partial charge is 0.304 e. The van der Waals surface area contributed by atoms with Gasteiger partial charge in [0.15, 0.2) is 0 Å². The van der Waals surface area contributed by atoms with Crippen molar-refractivity contribution in [3.8, 4) is 0 Å². The summed E-state index contributed by atoms with van der Waals surface area (Å²) in [5.41, 5.74) is 1.78. The molecule has 0 unspecified atom stereocenters. The monoisotopic (exact) mass is 235 g/mol. The lowest BCUT2D eigenvalue weighted by atomic mass is 9.94. The van der Waals surface area contributed by atoms with E-state index in [0.717, 1.165) is 11.1 Å². The van der Waals surface area contributed by atoms with Crippen molar-refractivity contribution in [2.45, 2.75) is 19.4 Å². The summed E-state index contributed by atoms with van der Waals surface area (Å²) in [6.45, 7) is 0.116. The number of amides is 1. The largest absolute Gasteiger partial charge is 0.481 e. The molecule has 1 atom stereocenters. The normalized spacial score (nSPS) is 19.7. The molecule has 1 aromatic rings. The van der Waals surface area contributed by atoms with Crippen LogP contribution in [0.4, 0.5) is 0 Å². The van der Waals surface area contributed by atoms with E-state index in [1.54, 1.807) is 0 Å². The first-order valence-electron chi connectivity index (χ1n) is 5.36. The molecule has 0 aromatic heterocycles. The van der Waals surface area contributed by atoms with E-state index in [1.807, 2.05) is 24.3 Å². The third kappa shape index (κ3) is 2.45. The number of carboxylic acid groups (broad SMARTS) is 1. The van der Waals surface area contributed by atoms with Gasteiger partial charge >= 0.3 is 5.97 Å². The molecule has 0 radical (unpaired) electrons. The molecule has 1 amide bonds. The Balaban J connectivity index is 2.31. The quantitative estimate of drug-likeness (QED) is 0.751. The van der Waals surface area contributed by atoms with E-state index in [2.05, 4.69) is 0 Å². The molecular formula is C12H13NO4. The van der Waals surface area contributed by atoms with E-state index in [-0.39, 0.29) is 13.0 Å². The molecule has 2 rings (SSSR count). The van der Waals surface area contributed by atoms with Crippen LogP contribution in [0.2, 0.25) is 0 Å². The van der Waals surface area contributed by atoms with Crippen LogP contribution >= 0.6 is 0 Å². The lowest BCUT2D eigenvalue weighted by Gasteiger charge is -2.16. The highest BCUT2D eigenvalue weighted by Crippen LogP contribution is 2.23. The van der Waals surface area contributed by atoms with Crippen LogP contribution in [0.5, 0.6) is 0 Å². The summed E-state index contributed by atoms with van der Waals surface area (Å²) in [6, 6.07) is 7.36. The summed E-state index contributed by atoms with van der Waals surface area (Å²) in [4.78, 5) is 22.5. The van der Waals surface area contributed by atoms with Crippen molar-refractivity contribution in [3.63, 3.8) is 0 Å². The van der Waals surface area contributed by atoms with Crippen molar-refractivity contribution in [2.24, 2.45) is 5.92 Å². The highest BCUT2D eigenvalue weighted by Gasteiger charge is 2.30. The summed E-state index contributed by atoms with van der Waals surface area (Å²) in [5.74, 6) is -2.25. The Bertz CT molecular complexity index is 458. The van der Waals surface area contributed by atoms with Crippen LogP contribution in [0.3, 0.4) is 0 Å². The Morgan fingerprint density at radius 3 is 2.65 bits per heavy atom. The fourth-order valence-corrected chi connectivity index (χ4v) is 2.08. The second-order valence-electron chi connectivity index (χ2n) is 4.16. The van der Waals surface area contributed by atoms with Gasteiger partial charge in [-0.1, -0.05) is 24.3 Å². The van der Waals surface area contributed by atoms with Gasteiger partial charge in [-0.25, -0.2) is 5.06 Å². The molecule has 90 valence electrons. The summed E-state index contributed by atoms with van der Waals surface area (Å²) in [7, 11) is 0. The molecule has 5 nitrogen and oxygen atoms in total. The van der Waals surface area contributed by atoms with Crippen LogP contribution in [-0.2, 0) is 22.6 Å². The van der Waals surface area contributed by atoms with Gasteiger partial charge < -0.3 is 5.11 Å². The Kier molecular flexibility index (Phi) is 3.10. The van der Waals surface area contributed by atoms with Crippen molar-refractivity contribution >= 4 is 11.9 Å². The highest BCUT2D eigenvalue weighted by molar-refractivity contribution is 5.83. The van der Waals surface area contributed by atoms with Gasteiger partial charge in [-0.3, -0.25) is 14.8 Å². The number of benzene rings is 1. The molecule has 2 N–H and O–H groups in total. The maximum atomic E-state index is 11.8. The van der Waals surface area contributed by atoms with Crippen LogP contribution in [0.1, 0.15) is 17.5 Å². The molecule has 17 heavy (non-hydrogen) atoms. The zero-order valence-corrected chi connectivity index (χ0v) is 9.17. The molecule has 0 spiro atoms. The molecule has 0 aliphatic carbocycles. The van der Waals surface area contributed by atoms with Gasteiger partial charge in [-0.2, -0.15) is 0 Å². The maximum absolute atomic E-state index is 11.8. The fraction of sp³-hybridized carbons (Fsp3) is 0.333. The second-order valence-corrected chi connectivity index (χ2v) is 4.16. The van der Waals surface area contributed by atoms with Crippen LogP contribution in [0, 0.1) is 5.92 Å². The number of carboxylic acids is 1. The Morgan fingerprint density at radius 1 is 1.35 bits per heavy atom. The standard InChI is InChI=1S/C12H13NO4/c14-11(15)6-10-5-8-3-1-2-4-9(8)7-13(17)12(10)16/h1-4,10,17H,5-7H2,(H,14,15)/t10-/m0/s1. The number of carbonyl (C=O) groups is 2. The molecular weight excluding hydrogens is 222 g/mol. The predicted octanol–water partition coefficient (Wildman–Crippen LogP) is 1.05. The number of nitrogens with zero attached hydrogens (tertiary/aromatic N) is 1. The average Bonchev–Trinajstić information content (AvgIpc) is 2.38. The molecule has 1 aliphatic heterocycles. The van der Waals surface area contributed by atoms with Gasteiger partial charge in [0.1, 0.15) is 0 Å². The molecule has 1 aliphatic rings. The van der Waals surface area contributed by atoms with Crippen LogP contribution in [-0.4, -0.2) is 27.3 Å². The van der Waals surface area contributed by atoms with Crippen molar-refractivity contribution in [2.75, 3.05) is 0 Å².